The van der Waals surface area contributed by atoms with Gasteiger partial charge < -0.3 is 0 Å². The molecule has 72 valence electrons. The summed E-state index contributed by atoms with van der Waals surface area (Å²) in [6, 6.07) is 6.54. The first-order valence-corrected chi connectivity index (χ1v) is 5.68. The van der Waals surface area contributed by atoms with Crippen molar-refractivity contribution in [1.29, 1.82) is 0 Å². The highest BCUT2D eigenvalue weighted by Gasteiger charge is 2.01. The van der Waals surface area contributed by atoms with E-state index in [9.17, 15) is 4.39 Å². The van der Waals surface area contributed by atoms with Crippen LogP contribution in [0, 0.1) is 11.7 Å². The van der Waals surface area contributed by atoms with Crippen LogP contribution in [-0.2, 0) is 0 Å². The zero-order valence-corrected chi connectivity index (χ0v) is 9.04. The summed E-state index contributed by atoms with van der Waals surface area (Å²) >= 11 is 7.38. The van der Waals surface area contributed by atoms with E-state index < -0.39 is 0 Å². The van der Waals surface area contributed by atoms with E-state index in [2.05, 4.69) is 6.92 Å². The molecular weight excluding hydrogens is 207 g/mol. The van der Waals surface area contributed by atoms with Gasteiger partial charge in [-0.15, -0.1) is 23.4 Å². The van der Waals surface area contributed by atoms with Crippen molar-refractivity contribution in [3.05, 3.63) is 30.1 Å². The van der Waals surface area contributed by atoms with Gasteiger partial charge in [-0.1, -0.05) is 6.92 Å². The molecule has 1 atom stereocenters. The lowest BCUT2D eigenvalue weighted by Crippen LogP contribution is -1.98. The minimum atomic E-state index is -0.185. The van der Waals surface area contributed by atoms with E-state index >= 15 is 0 Å². The van der Waals surface area contributed by atoms with E-state index in [1.165, 1.54) is 12.1 Å². The van der Waals surface area contributed by atoms with Gasteiger partial charge in [0.1, 0.15) is 5.82 Å². The first-order chi connectivity index (χ1) is 6.22. The van der Waals surface area contributed by atoms with Crippen molar-refractivity contribution in [3.63, 3.8) is 0 Å². The van der Waals surface area contributed by atoms with E-state index in [0.717, 1.165) is 10.6 Å². The highest BCUT2D eigenvalue weighted by molar-refractivity contribution is 7.99. The van der Waals surface area contributed by atoms with Gasteiger partial charge in [-0.25, -0.2) is 4.39 Å². The summed E-state index contributed by atoms with van der Waals surface area (Å²) in [6.45, 7) is 2.10. The molecule has 1 unspecified atom stereocenters. The molecule has 1 aromatic rings. The van der Waals surface area contributed by atoms with Crippen molar-refractivity contribution in [2.45, 2.75) is 11.8 Å². The Morgan fingerprint density at radius 1 is 1.38 bits per heavy atom. The number of hydrogen-bond donors (Lipinski definition) is 0. The molecule has 0 nitrogen and oxygen atoms in total. The maximum atomic E-state index is 12.5. The Hall–Kier alpha value is -0.210. The second kappa shape index (κ2) is 5.51. The van der Waals surface area contributed by atoms with Crippen molar-refractivity contribution < 1.29 is 4.39 Å². The smallest absolute Gasteiger partial charge is 0.123 e. The summed E-state index contributed by atoms with van der Waals surface area (Å²) in [7, 11) is 0. The quantitative estimate of drug-likeness (QED) is 0.547. The molecule has 0 aliphatic heterocycles. The van der Waals surface area contributed by atoms with Crippen molar-refractivity contribution in [2.75, 3.05) is 11.6 Å². The number of alkyl halides is 1. The minimum Gasteiger partial charge on any atom is -0.207 e. The molecule has 0 aliphatic carbocycles. The summed E-state index contributed by atoms with van der Waals surface area (Å²) in [5.41, 5.74) is 0. The maximum absolute atomic E-state index is 12.5. The second-order valence-electron chi connectivity index (χ2n) is 3.02. The molecule has 0 amide bonds. The predicted molar refractivity (Wildman–Crippen MR) is 57.0 cm³/mol. The summed E-state index contributed by atoms with van der Waals surface area (Å²) in [5.74, 6) is 1.97. The standard InChI is InChI=1S/C10H12ClFS/c1-8(6-11)7-13-10-4-2-9(12)3-5-10/h2-5,8H,6-7H2,1H3. The van der Waals surface area contributed by atoms with E-state index in [0.29, 0.717) is 11.8 Å². The van der Waals surface area contributed by atoms with Crippen molar-refractivity contribution >= 4 is 23.4 Å². The van der Waals surface area contributed by atoms with Gasteiger partial charge in [0, 0.05) is 16.5 Å². The lowest BCUT2D eigenvalue weighted by molar-refractivity contribution is 0.626. The molecule has 3 heteroatoms. The third-order valence-electron chi connectivity index (χ3n) is 1.61. The van der Waals surface area contributed by atoms with Crippen LogP contribution in [0.2, 0.25) is 0 Å². The van der Waals surface area contributed by atoms with Crippen molar-refractivity contribution in [2.24, 2.45) is 5.92 Å². The monoisotopic (exact) mass is 218 g/mol. The topological polar surface area (TPSA) is 0 Å². The number of rotatable bonds is 4. The van der Waals surface area contributed by atoms with Crippen LogP contribution in [0.15, 0.2) is 29.2 Å². The average molecular weight is 219 g/mol. The van der Waals surface area contributed by atoms with Crippen molar-refractivity contribution in [1.82, 2.24) is 0 Å². The molecule has 0 fully saturated rings. The van der Waals surface area contributed by atoms with Crippen LogP contribution in [0.25, 0.3) is 0 Å². The number of hydrogen-bond acceptors (Lipinski definition) is 1. The van der Waals surface area contributed by atoms with E-state index in [1.807, 2.05) is 0 Å². The molecule has 0 aromatic heterocycles. The molecule has 0 saturated carbocycles. The van der Waals surface area contributed by atoms with E-state index in [4.69, 9.17) is 11.6 Å². The normalized spacial score (nSPS) is 12.8. The Bertz CT molecular complexity index is 248. The summed E-state index contributed by atoms with van der Waals surface area (Å²) in [6.07, 6.45) is 0. The summed E-state index contributed by atoms with van der Waals surface area (Å²) in [5, 5.41) is 0. The Labute approximate surface area is 87.5 Å². The van der Waals surface area contributed by atoms with Gasteiger partial charge in [-0.2, -0.15) is 0 Å². The largest absolute Gasteiger partial charge is 0.207 e. The Morgan fingerprint density at radius 3 is 2.54 bits per heavy atom. The minimum absolute atomic E-state index is 0.185. The van der Waals surface area contributed by atoms with Gasteiger partial charge in [0.25, 0.3) is 0 Å². The molecule has 1 aromatic carbocycles. The second-order valence-corrected chi connectivity index (χ2v) is 4.43. The molecule has 0 bridgehead atoms. The highest BCUT2D eigenvalue weighted by atomic mass is 35.5. The zero-order valence-electron chi connectivity index (χ0n) is 7.47. The highest BCUT2D eigenvalue weighted by Crippen LogP contribution is 2.21. The van der Waals surface area contributed by atoms with Crippen LogP contribution in [0.5, 0.6) is 0 Å². The third-order valence-corrected chi connectivity index (χ3v) is 3.48. The molecule has 0 heterocycles. The Morgan fingerprint density at radius 2 is 2.00 bits per heavy atom. The average Bonchev–Trinajstić information content (AvgIpc) is 2.16. The van der Waals surface area contributed by atoms with Gasteiger partial charge in [-0.3, -0.25) is 0 Å². The molecule has 0 spiro atoms. The fraction of sp³-hybridized carbons (Fsp3) is 0.400. The Balaban J connectivity index is 2.41. The van der Waals surface area contributed by atoms with Gasteiger partial charge in [0.15, 0.2) is 0 Å². The molecule has 0 N–H and O–H groups in total. The van der Waals surface area contributed by atoms with Crippen LogP contribution < -0.4 is 0 Å². The van der Waals surface area contributed by atoms with Crippen LogP contribution in [0.3, 0.4) is 0 Å². The maximum Gasteiger partial charge on any atom is 0.123 e. The first kappa shape index (κ1) is 10.9. The summed E-state index contributed by atoms with van der Waals surface area (Å²) in [4.78, 5) is 1.10. The van der Waals surface area contributed by atoms with Gasteiger partial charge in [-0.05, 0) is 30.2 Å². The van der Waals surface area contributed by atoms with Crippen LogP contribution >= 0.6 is 23.4 Å². The fourth-order valence-electron chi connectivity index (χ4n) is 0.814. The van der Waals surface area contributed by atoms with E-state index in [-0.39, 0.29) is 5.82 Å². The van der Waals surface area contributed by atoms with Crippen LogP contribution in [-0.4, -0.2) is 11.6 Å². The zero-order chi connectivity index (χ0) is 9.68. The third kappa shape index (κ3) is 4.01. The Kier molecular flexibility index (Phi) is 4.60. The molecule has 0 aliphatic rings. The van der Waals surface area contributed by atoms with Gasteiger partial charge in [0.05, 0.1) is 0 Å². The molecule has 0 saturated heterocycles. The van der Waals surface area contributed by atoms with Crippen molar-refractivity contribution in [3.8, 4) is 0 Å². The lowest BCUT2D eigenvalue weighted by Gasteiger charge is -2.06. The number of benzene rings is 1. The molecule has 0 radical (unpaired) electrons. The molecule has 13 heavy (non-hydrogen) atoms. The number of thioether (sulfide) groups is 1. The SMILES string of the molecule is CC(CCl)CSc1ccc(F)cc1. The molecule has 1 rings (SSSR count). The van der Waals surface area contributed by atoms with Gasteiger partial charge in [0.2, 0.25) is 0 Å². The fourth-order valence-corrected chi connectivity index (χ4v) is 1.98. The first-order valence-electron chi connectivity index (χ1n) is 4.16. The van der Waals surface area contributed by atoms with E-state index in [1.54, 1.807) is 23.9 Å². The van der Waals surface area contributed by atoms with Gasteiger partial charge >= 0.3 is 0 Å². The summed E-state index contributed by atoms with van der Waals surface area (Å²) < 4.78 is 12.5. The lowest BCUT2D eigenvalue weighted by atomic mass is 10.3. The molecular formula is C10H12ClFS. The number of halogens is 2. The predicted octanol–water partition coefficient (Wildman–Crippen LogP) is 3.79. The van der Waals surface area contributed by atoms with Crippen LogP contribution in [0.1, 0.15) is 6.92 Å². The van der Waals surface area contributed by atoms with Crippen LogP contribution in [0.4, 0.5) is 4.39 Å².